The van der Waals surface area contributed by atoms with Crippen molar-refractivity contribution >= 4 is 11.8 Å². The van der Waals surface area contributed by atoms with E-state index in [-0.39, 0.29) is 23.8 Å². The van der Waals surface area contributed by atoms with Crippen LogP contribution in [0.4, 0.5) is 0 Å². The molecule has 4 N–H and O–H groups in total. The predicted molar refractivity (Wildman–Crippen MR) is 77.0 cm³/mol. The van der Waals surface area contributed by atoms with Crippen LogP contribution in [-0.2, 0) is 14.3 Å². The van der Waals surface area contributed by atoms with E-state index in [1.165, 1.54) is 0 Å². The third-order valence-electron chi connectivity index (χ3n) is 3.85. The van der Waals surface area contributed by atoms with Gasteiger partial charge in [-0.15, -0.1) is 0 Å². The summed E-state index contributed by atoms with van der Waals surface area (Å²) in [4.78, 5) is 23.5. The monoisotopic (exact) mass is 285 g/mol. The highest BCUT2D eigenvalue weighted by molar-refractivity contribution is 5.80. The van der Waals surface area contributed by atoms with Crippen molar-refractivity contribution in [2.45, 2.75) is 38.6 Å². The average molecular weight is 285 g/mol. The zero-order valence-corrected chi connectivity index (χ0v) is 12.5. The number of nitrogens with two attached hydrogens (primary N) is 1. The normalized spacial score (nSPS) is 26.1. The molecule has 0 bridgehead atoms. The Morgan fingerprint density at radius 2 is 2.00 bits per heavy atom. The zero-order valence-electron chi connectivity index (χ0n) is 12.5. The average Bonchev–Trinajstić information content (AvgIpc) is 2.41. The number of hydrogen-bond donors (Lipinski definition) is 3. The standard InChI is InChI=1S/C14H27N3O3/c1-10-3-4-11(15)9-12(10)14(19)17-6-5-13(18)16-7-8-20-2/h10-12H,3-9,15H2,1-2H3,(H,16,18)(H,17,19). The summed E-state index contributed by atoms with van der Waals surface area (Å²) in [5, 5.41) is 5.56. The second-order valence-electron chi connectivity index (χ2n) is 5.54. The van der Waals surface area contributed by atoms with Gasteiger partial charge in [0.2, 0.25) is 11.8 Å². The summed E-state index contributed by atoms with van der Waals surface area (Å²) in [6.45, 7) is 3.46. The van der Waals surface area contributed by atoms with Crippen molar-refractivity contribution in [3.8, 4) is 0 Å². The number of carbonyl (C=O) groups is 2. The van der Waals surface area contributed by atoms with Crippen molar-refractivity contribution in [2.75, 3.05) is 26.8 Å². The van der Waals surface area contributed by atoms with E-state index in [2.05, 4.69) is 17.6 Å². The number of rotatable bonds is 7. The van der Waals surface area contributed by atoms with Gasteiger partial charge in [-0.05, 0) is 25.2 Å². The number of amides is 2. The molecule has 0 aliphatic heterocycles. The largest absolute Gasteiger partial charge is 0.383 e. The van der Waals surface area contributed by atoms with Crippen LogP contribution in [0.5, 0.6) is 0 Å². The number of nitrogens with one attached hydrogen (secondary N) is 2. The van der Waals surface area contributed by atoms with Crippen LogP contribution in [0.3, 0.4) is 0 Å². The van der Waals surface area contributed by atoms with Gasteiger partial charge in [-0.3, -0.25) is 9.59 Å². The van der Waals surface area contributed by atoms with Gasteiger partial charge in [-0.1, -0.05) is 6.92 Å². The van der Waals surface area contributed by atoms with Gasteiger partial charge in [0.05, 0.1) is 6.61 Å². The number of ether oxygens (including phenoxy) is 1. The summed E-state index contributed by atoms with van der Waals surface area (Å²) >= 11 is 0. The maximum absolute atomic E-state index is 12.1. The molecule has 0 aromatic rings. The van der Waals surface area contributed by atoms with Crippen molar-refractivity contribution in [3.63, 3.8) is 0 Å². The Morgan fingerprint density at radius 1 is 1.25 bits per heavy atom. The van der Waals surface area contributed by atoms with Crippen molar-refractivity contribution in [3.05, 3.63) is 0 Å². The highest BCUT2D eigenvalue weighted by atomic mass is 16.5. The second kappa shape index (κ2) is 8.92. The minimum absolute atomic E-state index is 0.0182. The molecule has 3 atom stereocenters. The van der Waals surface area contributed by atoms with E-state index in [1.54, 1.807) is 7.11 Å². The first-order valence-electron chi connectivity index (χ1n) is 7.33. The Hall–Kier alpha value is -1.14. The van der Waals surface area contributed by atoms with E-state index in [9.17, 15) is 9.59 Å². The zero-order chi connectivity index (χ0) is 15.0. The van der Waals surface area contributed by atoms with Crippen LogP contribution in [0.2, 0.25) is 0 Å². The molecule has 1 fully saturated rings. The summed E-state index contributed by atoms with van der Waals surface area (Å²) < 4.78 is 4.84. The molecule has 6 nitrogen and oxygen atoms in total. The topological polar surface area (TPSA) is 93.5 Å². The number of hydrogen-bond acceptors (Lipinski definition) is 4. The molecule has 0 radical (unpaired) electrons. The summed E-state index contributed by atoms with van der Waals surface area (Å²) in [5.41, 5.74) is 5.91. The minimum Gasteiger partial charge on any atom is -0.383 e. The maximum atomic E-state index is 12.1. The van der Waals surface area contributed by atoms with Gasteiger partial charge in [0.25, 0.3) is 0 Å². The molecule has 1 aliphatic carbocycles. The molecular formula is C14H27N3O3. The van der Waals surface area contributed by atoms with Gasteiger partial charge in [0, 0.05) is 38.6 Å². The molecule has 1 saturated carbocycles. The molecule has 6 heteroatoms. The third-order valence-corrected chi connectivity index (χ3v) is 3.85. The fraction of sp³-hybridized carbons (Fsp3) is 0.857. The predicted octanol–water partition coefficient (Wildman–Crippen LogP) is 0.0188. The molecular weight excluding hydrogens is 258 g/mol. The lowest BCUT2D eigenvalue weighted by Gasteiger charge is -2.31. The number of carbonyl (C=O) groups excluding carboxylic acids is 2. The van der Waals surface area contributed by atoms with E-state index in [4.69, 9.17) is 10.5 Å². The Morgan fingerprint density at radius 3 is 2.70 bits per heavy atom. The molecule has 2 amide bonds. The minimum atomic E-state index is -0.0734. The lowest BCUT2D eigenvalue weighted by atomic mass is 9.78. The first-order chi connectivity index (χ1) is 9.54. The molecule has 0 spiro atoms. The van der Waals surface area contributed by atoms with Crippen LogP contribution >= 0.6 is 0 Å². The van der Waals surface area contributed by atoms with E-state index in [1.807, 2.05) is 0 Å². The summed E-state index contributed by atoms with van der Waals surface area (Å²) in [6, 6.07) is 0.124. The van der Waals surface area contributed by atoms with E-state index in [0.717, 1.165) is 19.3 Å². The van der Waals surface area contributed by atoms with Crippen LogP contribution in [0, 0.1) is 11.8 Å². The van der Waals surface area contributed by atoms with Crippen molar-refractivity contribution in [1.29, 1.82) is 0 Å². The Labute approximate surface area is 120 Å². The summed E-state index contributed by atoms with van der Waals surface area (Å²) in [6.07, 6.45) is 3.03. The lowest BCUT2D eigenvalue weighted by molar-refractivity contribution is -0.127. The fourth-order valence-electron chi connectivity index (χ4n) is 2.53. The van der Waals surface area contributed by atoms with Gasteiger partial charge >= 0.3 is 0 Å². The van der Waals surface area contributed by atoms with Gasteiger partial charge in [-0.25, -0.2) is 0 Å². The first-order valence-corrected chi connectivity index (χ1v) is 7.33. The van der Waals surface area contributed by atoms with Crippen molar-refractivity contribution < 1.29 is 14.3 Å². The van der Waals surface area contributed by atoms with Gasteiger partial charge in [-0.2, -0.15) is 0 Å². The van der Waals surface area contributed by atoms with Crippen molar-refractivity contribution in [2.24, 2.45) is 17.6 Å². The maximum Gasteiger partial charge on any atom is 0.223 e. The fourth-order valence-corrected chi connectivity index (χ4v) is 2.53. The van der Waals surface area contributed by atoms with E-state index < -0.39 is 0 Å². The van der Waals surface area contributed by atoms with Gasteiger partial charge < -0.3 is 21.1 Å². The molecule has 1 aliphatic rings. The Bertz CT molecular complexity index is 323. The third kappa shape index (κ3) is 5.88. The molecule has 0 saturated heterocycles. The van der Waals surface area contributed by atoms with Crippen LogP contribution < -0.4 is 16.4 Å². The van der Waals surface area contributed by atoms with Crippen LogP contribution in [0.25, 0.3) is 0 Å². The molecule has 116 valence electrons. The van der Waals surface area contributed by atoms with Crippen LogP contribution in [0.15, 0.2) is 0 Å². The first kappa shape index (κ1) is 16.9. The Balaban J connectivity index is 2.20. The smallest absolute Gasteiger partial charge is 0.223 e. The number of methoxy groups -OCH3 is 1. The van der Waals surface area contributed by atoms with E-state index >= 15 is 0 Å². The second-order valence-corrected chi connectivity index (χ2v) is 5.54. The molecule has 3 unspecified atom stereocenters. The molecule has 1 rings (SSSR count). The summed E-state index contributed by atoms with van der Waals surface area (Å²) in [7, 11) is 1.59. The lowest BCUT2D eigenvalue weighted by Crippen LogP contribution is -2.42. The van der Waals surface area contributed by atoms with Crippen LogP contribution in [-0.4, -0.2) is 44.7 Å². The SMILES string of the molecule is COCCNC(=O)CCNC(=O)C1CC(N)CCC1C. The molecule has 0 heterocycles. The highest BCUT2D eigenvalue weighted by Gasteiger charge is 2.30. The van der Waals surface area contributed by atoms with Gasteiger partial charge in [0.15, 0.2) is 0 Å². The quantitative estimate of drug-likeness (QED) is 0.575. The van der Waals surface area contributed by atoms with Crippen molar-refractivity contribution in [1.82, 2.24) is 10.6 Å². The van der Waals surface area contributed by atoms with Crippen LogP contribution in [0.1, 0.15) is 32.6 Å². The Kier molecular flexibility index (Phi) is 7.54. The molecule has 20 heavy (non-hydrogen) atoms. The summed E-state index contributed by atoms with van der Waals surface area (Å²) in [5.74, 6) is 0.300. The van der Waals surface area contributed by atoms with E-state index in [0.29, 0.717) is 32.0 Å². The molecule has 0 aromatic carbocycles. The molecule has 0 aromatic heterocycles. The highest BCUT2D eigenvalue weighted by Crippen LogP contribution is 2.29. The van der Waals surface area contributed by atoms with Gasteiger partial charge in [0.1, 0.15) is 0 Å².